The lowest BCUT2D eigenvalue weighted by Crippen LogP contribution is -2.29. The molecular formula is C40H26N10. The van der Waals surface area contributed by atoms with Crippen molar-refractivity contribution in [3.63, 3.8) is 0 Å². The van der Waals surface area contributed by atoms with Crippen LogP contribution in [0.5, 0.6) is 0 Å². The van der Waals surface area contributed by atoms with Gasteiger partial charge in [0.05, 0.1) is 22.8 Å². The van der Waals surface area contributed by atoms with Crippen LogP contribution in [0, 0.1) is 0 Å². The van der Waals surface area contributed by atoms with Crippen LogP contribution in [0.2, 0.25) is 0 Å². The van der Waals surface area contributed by atoms with Crippen molar-refractivity contribution >= 4 is 34.6 Å². The van der Waals surface area contributed by atoms with Crippen molar-refractivity contribution in [2.75, 3.05) is 9.80 Å². The third kappa shape index (κ3) is 5.08. The Balaban J connectivity index is 1.41. The highest BCUT2D eigenvalue weighted by Crippen LogP contribution is 2.53. The van der Waals surface area contributed by atoms with Gasteiger partial charge in [-0.25, -0.2) is 19.9 Å². The fourth-order valence-corrected chi connectivity index (χ4v) is 6.00. The van der Waals surface area contributed by atoms with Gasteiger partial charge in [0.1, 0.15) is 22.8 Å². The molecule has 1 aliphatic heterocycles. The van der Waals surface area contributed by atoms with Crippen molar-refractivity contribution in [1.82, 2.24) is 39.9 Å². The second-order valence-corrected chi connectivity index (χ2v) is 11.3. The highest BCUT2D eigenvalue weighted by atomic mass is 15.4. The first kappa shape index (κ1) is 29.0. The van der Waals surface area contributed by atoms with Gasteiger partial charge in [0.2, 0.25) is 0 Å². The molecule has 0 amide bonds. The van der Waals surface area contributed by atoms with Crippen LogP contribution >= 0.6 is 0 Å². The van der Waals surface area contributed by atoms with Gasteiger partial charge in [0.15, 0.2) is 23.3 Å². The molecule has 10 nitrogen and oxygen atoms in total. The maximum Gasteiger partial charge on any atom is 0.183 e. The lowest BCUT2D eigenvalue weighted by Gasteiger charge is -2.37. The average molecular weight is 647 g/mol. The molecule has 1 aliphatic rings. The zero-order valence-corrected chi connectivity index (χ0v) is 26.5. The monoisotopic (exact) mass is 646 g/mol. The lowest BCUT2D eigenvalue weighted by atomic mass is 10.1. The van der Waals surface area contributed by atoms with Crippen LogP contribution in [0.15, 0.2) is 158 Å². The predicted molar refractivity (Wildman–Crippen MR) is 193 cm³/mol. The number of nitrogens with zero attached hydrogens (tertiary/aromatic N) is 10. The van der Waals surface area contributed by atoms with E-state index in [0.717, 1.165) is 11.4 Å². The third-order valence-electron chi connectivity index (χ3n) is 8.23. The van der Waals surface area contributed by atoms with Crippen LogP contribution in [-0.2, 0) is 0 Å². The van der Waals surface area contributed by atoms with E-state index in [2.05, 4.69) is 0 Å². The Bertz CT molecular complexity index is 2110. The van der Waals surface area contributed by atoms with Gasteiger partial charge in [-0.1, -0.05) is 60.7 Å². The van der Waals surface area contributed by atoms with Crippen LogP contribution in [0.4, 0.5) is 34.6 Å². The molecule has 8 aromatic rings. The van der Waals surface area contributed by atoms with Crippen molar-refractivity contribution < 1.29 is 0 Å². The SMILES string of the molecule is c1ccc(N2c3nc(-c4ccccn4)c(-c4ccccn4)nc3N(c3ccccc3)c3nc(-c4ccccn4)c(-c4ccccn4)nc32)cc1. The maximum atomic E-state index is 5.40. The minimum absolute atomic E-state index is 0.555. The fraction of sp³-hybridized carbons (Fsp3) is 0. The van der Waals surface area contributed by atoms with Gasteiger partial charge < -0.3 is 0 Å². The number of aromatic nitrogens is 8. The van der Waals surface area contributed by atoms with Gasteiger partial charge in [-0.05, 0) is 72.8 Å². The summed E-state index contributed by atoms with van der Waals surface area (Å²) in [5.74, 6) is 2.22. The van der Waals surface area contributed by atoms with Crippen molar-refractivity contribution in [2.45, 2.75) is 0 Å². The molecule has 9 rings (SSSR count). The number of anilines is 6. The van der Waals surface area contributed by atoms with E-state index in [9.17, 15) is 0 Å². The number of hydrogen-bond acceptors (Lipinski definition) is 10. The van der Waals surface area contributed by atoms with Crippen LogP contribution < -0.4 is 9.80 Å². The van der Waals surface area contributed by atoms with Gasteiger partial charge >= 0.3 is 0 Å². The third-order valence-corrected chi connectivity index (χ3v) is 8.23. The molecule has 6 aromatic heterocycles. The Morgan fingerprint density at radius 1 is 0.280 bits per heavy atom. The van der Waals surface area contributed by atoms with Crippen LogP contribution in [0.1, 0.15) is 0 Å². The number of rotatable bonds is 6. The molecule has 7 heterocycles. The Morgan fingerprint density at radius 3 is 0.780 bits per heavy atom. The summed E-state index contributed by atoms with van der Waals surface area (Å²) < 4.78 is 0. The lowest BCUT2D eigenvalue weighted by molar-refractivity contribution is 0.989. The summed E-state index contributed by atoms with van der Waals surface area (Å²) in [5, 5.41) is 0. The summed E-state index contributed by atoms with van der Waals surface area (Å²) in [4.78, 5) is 44.4. The van der Waals surface area contributed by atoms with E-state index in [-0.39, 0.29) is 0 Å². The van der Waals surface area contributed by atoms with Gasteiger partial charge in [-0.15, -0.1) is 0 Å². The van der Waals surface area contributed by atoms with E-state index in [1.165, 1.54) is 0 Å². The predicted octanol–water partition coefficient (Wildman–Crippen LogP) is 8.77. The number of fused-ring (bicyclic) bond motifs is 2. The number of para-hydroxylation sites is 2. The smallest absolute Gasteiger partial charge is 0.183 e. The molecule has 0 N–H and O–H groups in total. The van der Waals surface area contributed by atoms with E-state index in [1.54, 1.807) is 24.8 Å². The summed E-state index contributed by atoms with van der Waals surface area (Å²) in [6.07, 6.45) is 7.01. The summed E-state index contributed by atoms with van der Waals surface area (Å²) in [5.41, 5.74) is 6.68. The molecule has 0 atom stereocenters. The first-order valence-corrected chi connectivity index (χ1v) is 16.0. The average Bonchev–Trinajstić information content (AvgIpc) is 3.21. The number of hydrogen-bond donors (Lipinski definition) is 0. The topological polar surface area (TPSA) is 110 Å². The largest absolute Gasteiger partial charge is 0.273 e. The van der Waals surface area contributed by atoms with Crippen molar-refractivity contribution in [3.8, 4) is 45.6 Å². The minimum Gasteiger partial charge on any atom is -0.273 e. The first-order valence-electron chi connectivity index (χ1n) is 16.0. The Morgan fingerprint density at radius 2 is 0.540 bits per heavy atom. The van der Waals surface area contributed by atoms with Crippen LogP contribution in [-0.4, -0.2) is 39.9 Å². The van der Waals surface area contributed by atoms with E-state index in [4.69, 9.17) is 39.9 Å². The molecule has 0 fully saturated rings. The second kappa shape index (κ2) is 12.4. The molecule has 0 bridgehead atoms. The van der Waals surface area contributed by atoms with E-state index < -0.39 is 0 Å². The maximum absolute atomic E-state index is 5.40. The molecule has 0 spiro atoms. The zero-order valence-electron chi connectivity index (χ0n) is 26.5. The van der Waals surface area contributed by atoms with Crippen molar-refractivity contribution in [1.29, 1.82) is 0 Å². The summed E-state index contributed by atoms with van der Waals surface area (Å²) >= 11 is 0. The molecule has 0 saturated carbocycles. The molecular weight excluding hydrogens is 621 g/mol. The highest BCUT2D eigenvalue weighted by molar-refractivity contribution is 5.99. The standard InChI is InChI=1S/C40H26N10/c1-3-15-27(16-4-1)49-37-39(47-35(31-21-9-13-25-43-31)33(45-37)29-19-7-11-23-41-29)50(28-17-5-2-6-18-28)40-38(49)46-34(30-20-8-12-24-42-30)36(48-40)32-22-10-14-26-44-32/h1-26H. The number of pyridine rings is 4. The van der Waals surface area contributed by atoms with Crippen LogP contribution in [0.3, 0.4) is 0 Å². The molecule has 0 radical (unpaired) electrons. The Labute approximate surface area is 287 Å². The fourth-order valence-electron chi connectivity index (χ4n) is 6.00. The molecule has 10 heteroatoms. The zero-order chi connectivity index (χ0) is 33.3. The van der Waals surface area contributed by atoms with E-state index in [0.29, 0.717) is 68.8 Å². The number of benzene rings is 2. The molecule has 2 aromatic carbocycles. The van der Waals surface area contributed by atoms with E-state index >= 15 is 0 Å². The Hall–Kier alpha value is -7.20. The highest BCUT2D eigenvalue weighted by Gasteiger charge is 2.38. The van der Waals surface area contributed by atoms with Crippen molar-refractivity contribution in [3.05, 3.63) is 158 Å². The second-order valence-electron chi connectivity index (χ2n) is 11.3. The quantitative estimate of drug-likeness (QED) is 0.174. The first-order chi connectivity index (χ1) is 24.8. The molecule has 236 valence electrons. The summed E-state index contributed by atoms with van der Waals surface area (Å²) in [6.45, 7) is 0. The molecule has 0 saturated heterocycles. The normalized spacial score (nSPS) is 11.9. The van der Waals surface area contributed by atoms with Gasteiger partial charge in [-0.2, -0.15) is 0 Å². The van der Waals surface area contributed by atoms with Gasteiger partial charge in [0.25, 0.3) is 0 Å². The molecule has 0 unspecified atom stereocenters. The summed E-state index contributed by atoms with van der Waals surface area (Å²) in [7, 11) is 0. The minimum atomic E-state index is 0.555. The van der Waals surface area contributed by atoms with Crippen molar-refractivity contribution in [2.24, 2.45) is 0 Å². The van der Waals surface area contributed by atoms with Gasteiger partial charge in [0, 0.05) is 36.2 Å². The van der Waals surface area contributed by atoms with Gasteiger partial charge in [-0.3, -0.25) is 29.7 Å². The molecule has 50 heavy (non-hydrogen) atoms. The Kier molecular flexibility index (Phi) is 7.21. The van der Waals surface area contributed by atoms with E-state index in [1.807, 2.05) is 143 Å². The summed E-state index contributed by atoms with van der Waals surface area (Å²) in [6, 6.07) is 43.0. The molecule has 0 aliphatic carbocycles. The van der Waals surface area contributed by atoms with Crippen LogP contribution in [0.25, 0.3) is 45.6 Å².